The van der Waals surface area contributed by atoms with E-state index in [0.29, 0.717) is 0 Å². The first kappa shape index (κ1) is 14.6. The molecule has 1 heterocycles. The molecule has 1 aromatic heterocycles. The van der Waals surface area contributed by atoms with Gasteiger partial charge in [0, 0.05) is 18.6 Å². The van der Waals surface area contributed by atoms with E-state index in [9.17, 15) is 4.39 Å². The number of nitrogens with zero attached hydrogens (tertiary/aromatic N) is 2. The molecule has 0 saturated carbocycles. The summed E-state index contributed by atoms with van der Waals surface area (Å²) in [5.74, 6) is -0.191. The molecule has 2 aromatic rings. The summed E-state index contributed by atoms with van der Waals surface area (Å²) in [6, 6.07) is 5.04. The van der Waals surface area contributed by atoms with Gasteiger partial charge in [-0.25, -0.2) is 4.39 Å². The molecule has 1 aromatic carbocycles. The van der Waals surface area contributed by atoms with Crippen LogP contribution < -0.4 is 5.32 Å². The van der Waals surface area contributed by atoms with Crippen molar-refractivity contribution >= 4 is 0 Å². The second-order valence-corrected chi connectivity index (χ2v) is 4.91. The zero-order chi connectivity index (χ0) is 14.4. The van der Waals surface area contributed by atoms with Crippen LogP contribution in [0.1, 0.15) is 36.2 Å². The van der Waals surface area contributed by atoms with Crippen molar-refractivity contribution in [3.8, 4) is 0 Å². The Hall–Kier alpha value is -1.81. The van der Waals surface area contributed by atoms with E-state index in [-0.39, 0.29) is 11.9 Å². The van der Waals surface area contributed by atoms with Crippen molar-refractivity contribution in [2.24, 2.45) is 0 Å². The van der Waals surface area contributed by atoms with Gasteiger partial charge in [0.2, 0.25) is 0 Å². The van der Waals surface area contributed by atoms with Gasteiger partial charge in [0.15, 0.2) is 0 Å². The van der Waals surface area contributed by atoms with Gasteiger partial charge in [-0.1, -0.05) is 13.0 Å². The maximum absolute atomic E-state index is 13.2. The number of halogens is 1. The second-order valence-electron chi connectivity index (χ2n) is 4.91. The van der Waals surface area contributed by atoms with Gasteiger partial charge in [0.25, 0.3) is 0 Å². The number of nitrogens with one attached hydrogen (secondary N) is 1. The Balaban J connectivity index is 2.19. The predicted octanol–water partition coefficient (Wildman–Crippen LogP) is 3.21. The summed E-state index contributed by atoms with van der Waals surface area (Å²) >= 11 is 0. The zero-order valence-electron chi connectivity index (χ0n) is 11.9. The first-order valence-electron chi connectivity index (χ1n) is 6.95. The minimum atomic E-state index is -0.191. The molecule has 0 radical (unpaired) electrons. The first-order chi connectivity index (χ1) is 9.70. The number of hydrogen-bond donors (Lipinski definition) is 1. The van der Waals surface area contributed by atoms with E-state index in [2.05, 4.69) is 22.2 Å². The summed E-state index contributed by atoms with van der Waals surface area (Å²) < 4.78 is 13.2. The highest BCUT2D eigenvalue weighted by molar-refractivity contribution is 5.28. The summed E-state index contributed by atoms with van der Waals surface area (Å²) in [6.07, 6.45) is 6.99. The number of rotatable bonds is 6. The van der Waals surface area contributed by atoms with Crippen LogP contribution in [0.3, 0.4) is 0 Å². The summed E-state index contributed by atoms with van der Waals surface area (Å²) in [5, 5.41) is 3.48. The van der Waals surface area contributed by atoms with Crippen LogP contribution in [0, 0.1) is 12.7 Å². The Bertz CT molecular complexity index is 543. The third-order valence-corrected chi connectivity index (χ3v) is 3.31. The molecule has 0 amide bonds. The Kier molecular flexibility index (Phi) is 5.18. The van der Waals surface area contributed by atoms with E-state index in [4.69, 9.17) is 0 Å². The van der Waals surface area contributed by atoms with Gasteiger partial charge in [-0.3, -0.25) is 9.97 Å². The zero-order valence-corrected chi connectivity index (χ0v) is 11.9. The van der Waals surface area contributed by atoms with E-state index in [1.165, 1.54) is 6.07 Å². The van der Waals surface area contributed by atoms with Gasteiger partial charge in [-0.15, -0.1) is 0 Å². The molecule has 20 heavy (non-hydrogen) atoms. The van der Waals surface area contributed by atoms with Crippen molar-refractivity contribution in [3.05, 3.63) is 59.4 Å². The average molecular weight is 273 g/mol. The minimum absolute atomic E-state index is 0.104. The Labute approximate surface area is 119 Å². The van der Waals surface area contributed by atoms with E-state index < -0.39 is 0 Å². The topological polar surface area (TPSA) is 37.8 Å². The summed E-state index contributed by atoms with van der Waals surface area (Å²) in [4.78, 5) is 8.51. The molecule has 1 unspecified atom stereocenters. The molecule has 0 spiro atoms. The van der Waals surface area contributed by atoms with Crippen LogP contribution in [0.4, 0.5) is 4.39 Å². The highest BCUT2D eigenvalue weighted by atomic mass is 19.1. The molecule has 0 aliphatic heterocycles. The third-order valence-electron chi connectivity index (χ3n) is 3.31. The lowest BCUT2D eigenvalue weighted by molar-refractivity contribution is 0.514. The van der Waals surface area contributed by atoms with Crippen LogP contribution in [0.5, 0.6) is 0 Å². The molecule has 4 heteroatoms. The van der Waals surface area contributed by atoms with Crippen molar-refractivity contribution in [2.45, 2.75) is 32.7 Å². The van der Waals surface area contributed by atoms with Crippen molar-refractivity contribution in [3.63, 3.8) is 0 Å². The molecule has 0 fully saturated rings. The molecule has 3 nitrogen and oxygen atoms in total. The van der Waals surface area contributed by atoms with Crippen LogP contribution in [0.15, 0.2) is 36.8 Å². The molecule has 2 rings (SSSR count). The van der Waals surface area contributed by atoms with E-state index >= 15 is 0 Å². The highest BCUT2D eigenvalue weighted by Gasteiger charge is 2.14. The van der Waals surface area contributed by atoms with Gasteiger partial charge < -0.3 is 5.32 Å². The normalized spacial score (nSPS) is 12.3. The fourth-order valence-electron chi connectivity index (χ4n) is 2.20. The van der Waals surface area contributed by atoms with Gasteiger partial charge in [-0.05, 0) is 49.6 Å². The average Bonchev–Trinajstić information content (AvgIpc) is 2.46. The van der Waals surface area contributed by atoms with Crippen LogP contribution >= 0.6 is 0 Å². The maximum Gasteiger partial charge on any atom is 0.123 e. The molecular weight excluding hydrogens is 253 g/mol. The number of hydrogen-bond acceptors (Lipinski definition) is 3. The number of aryl methyl sites for hydroxylation is 1. The first-order valence-corrected chi connectivity index (χ1v) is 6.95. The number of aromatic nitrogens is 2. The van der Waals surface area contributed by atoms with Gasteiger partial charge in [-0.2, -0.15) is 0 Å². The lowest BCUT2D eigenvalue weighted by Gasteiger charge is -2.19. The molecule has 0 bridgehead atoms. The lowest BCUT2D eigenvalue weighted by atomic mass is 9.99. The predicted molar refractivity (Wildman–Crippen MR) is 77.9 cm³/mol. The molecule has 0 aliphatic rings. The fourth-order valence-corrected chi connectivity index (χ4v) is 2.20. The lowest BCUT2D eigenvalue weighted by Crippen LogP contribution is -2.25. The van der Waals surface area contributed by atoms with Crippen LogP contribution in [-0.4, -0.2) is 16.5 Å². The smallest absolute Gasteiger partial charge is 0.123 e. The van der Waals surface area contributed by atoms with E-state index in [1.807, 2.05) is 13.0 Å². The van der Waals surface area contributed by atoms with Crippen molar-refractivity contribution in [2.75, 3.05) is 6.54 Å². The highest BCUT2D eigenvalue weighted by Crippen LogP contribution is 2.19. The quantitative estimate of drug-likeness (QED) is 0.878. The molecule has 106 valence electrons. The van der Waals surface area contributed by atoms with Gasteiger partial charge in [0.1, 0.15) is 5.82 Å². The van der Waals surface area contributed by atoms with Crippen LogP contribution in [0.25, 0.3) is 0 Å². The van der Waals surface area contributed by atoms with Crippen molar-refractivity contribution in [1.82, 2.24) is 15.3 Å². The summed E-state index contributed by atoms with van der Waals surface area (Å²) in [7, 11) is 0. The standard InChI is InChI=1S/C16H20FN3/c1-3-6-19-15(16-11-18-7-8-20-16)10-13-4-5-14(17)9-12(13)2/h4-5,7-9,11,15,19H,3,6,10H2,1-2H3. The Morgan fingerprint density at radius 2 is 2.15 bits per heavy atom. The third kappa shape index (κ3) is 3.84. The molecule has 0 aliphatic carbocycles. The number of benzene rings is 1. The van der Waals surface area contributed by atoms with Gasteiger partial charge in [0.05, 0.1) is 11.7 Å². The second kappa shape index (κ2) is 7.10. The van der Waals surface area contributed by atoms with Crippen LogP contribution in [-0.2, 0) is 6.42 Å². The largest absolute Gasteiger partial charge is 0.308 e. The van der Waals surface area contributed by atoms with E-state index in [1.54, 1.807) is 24.7 Å². The van der Waals surface area contributed by atoms with E-state index in [0.717, 1.165) is 36.2 Å². The molecule has 0 saturated heterocycles. The van der Waals surface area contributed by atoms with Crippen molar-refractivity contribution < 1.29 is 4.39 Å². The maximum atomic E-state index is 13.2. The van der Waals surface area contributed by atoms with Crippen molar-refractivity contribution in [1.29, 1.82) is 0 Å². The summed E-state index contributed by atoms with van der Waals surface area (Å²) in [5.41, 5.74) is 3.02. The molecule has 1 atom stereocenters. The SMILES string of the molecule is CCCNC(Cc1ccc(F)cc1C)c1cnccn1. The monoisotopic (exact) mass is 273 g/mol. The summed E-state index contributed by atoms with van der Waals surface area (Å²) in [6.45, 7) is 4.98. The Morgan fingerprint density at radius 3 is 2.80 bits per heavy atom. The van der Waals surface area contributed by atoms with Gasteiger partial charge >= 0.3 is 0 Å². The molecule has 1 N–H and O–H groups in total. The fraction of sp³-hybridized carbons (Fsp3) is 0.375. The van der Waals surface area contributed by atoms with Crippen LogP contribution in [0.2, 0.25) is 0 Å². The molecular formula is C16H20FN3. The minimum Gasteiger partial charge on any atom is -0.308 e. The Morgan fingerprint density at radius 1 is 1.30 bits per heavy atom.